The van der Waals surface area contributed by atoms with Gasteiger partial charge in [-0.1, -0.05) is 25.1 Å². The molecule has 1 fully saturated rings. The SMILES string of the molecule is CCc1ccccc1Nc1nc(N)nc(CN2CCCC(C(=O)Nc3nccs3)C2)n1. The van der Waals surface area contributed by atoms with Crippen molar-refractivity contribution in [3.63, 3.8) is 0 Å². The lowest BCUT2D eigenvalue weighted by atomic mass is 9.97. The maximum Gasteiger partial charge on any atom is 0.232 e. The molecule has 0 radical (unpaired) electrons. The highest BCUT2D eigenvalue weighted by Crippen LogP contribution is 2.22. The molecule has 4 rings (SSSR count). The van der Waals surface area contributed by atoms with E-state index in [4.69, 9.17) is 5.73 Å². The number of para-hydroxylation sites is 1. The van der Waals surface area contributed by atoms with Gasteiger partial charge in [0, 0.05) is 23.8 Å². The van der Waals surface area contributed by atoms with Crippen molar-refractivity contribution in [2.75, 3.05) is 29.5 Å². The van der Waals surface area contributed by atoms with E-state index in [0.717, 1.165) is 31.5 Å². The molecule has 162 valence electrons. The Bertz CT molecular complexity index is 1030. The van der Waals surface area contributed by atoms with Crippen LogP contribution in [0.1, 0.15) is 31.2 Å². The smallest absolute Gasteiger partial charge is 0.232 e. The largest absolute Gasteiger partial charge is 0.368 e. The van der Waals surface area contributed by atoms with E-state index >= 15 is 0 Å². The first kappa shape index (κ1) is 21.1. The molecule has 0 bridgehead atoms. The van der Waals surface area contributed by atoms with E-state index < -0.39 is 0 Å². The van der Waals surface area contributed by atoms with Crippen LogP contribution < -0.4 is 16.4 Å². The Morgan fingerprint density at radius 1 is 1.29 bits per heavy atom. The van der Waals surface area contributed by atoms with Crippen molar-refractivity contribution in [3.8, 4) is 0 Å². The number of carbonyl (C=O) groups excluding carboxylic acids is 1. The molecule has 1 atom stereocenters. The van der Waals surface area contributed by atoms with Crippen LogP contribution in [-0.4, -0.2) is 43.8 Å². The number of piperidine rings is 1. The van der Waals surface area contributed by atoms with E-state index in [1.165, 1.54) is 16.9 Å². The minimum absolute atomic E-state index is 0.00772. The number of rotatable bonds is 7. The van der Waals surface area contributed by atoms with Crippen molar-refractivity contribution in [1.82, 2.24) is 24.8 Å². The number of amides is 1. The topological polar surface area (TPSA) is 122 Å². The van der Waals surface area contributed by atoms with E-state index in [9.17, 15) is 4.79 Å². The predicted molar refractivity (Wildman–Crippen MR) is 122 cm³/mol. The van der Waals surface area contributed by atoms with Crippen molar-refractivity contribution in [2.45, 2.75) is 32.7 Å². The van der Waals surface area contributed by atoms with Crippen molar-refractivity contribution < 1.29 is 4.79 Å². The first-order valence-electron chi connectivity index (χ1n) is 10.4. The van der Waals surface area contributed by atoms with Crippen LogP contribution in [-0.2, 0) is 17.8 Å². The number of thiazole rings is 1. The highest BCUT2D eigenvalue weighted by Gasteiger charge is 2.27. The summed E-state index contributed by atoms with van der Waals surface area (Å²) < 4.78 is 0. The molecule has 1 aliphatic rings. The van der Waals surface area contributed by atoms with Gasteiger partial charge >= 0.3 is 0 Å². The number of anilines is 4. The number of hydrogen-bond donors (Lipinski definition) is 3. The van der Waals surface area contributed by atoms with Gasteiger partial charge in [-0.15, -0.1) is 11.3 Å². The molecule has 1 amide bonds. The Labute approximate surface area is 185 Å². The molecular weight excluding hydrogens is 412 g/mol. The molecule has 1 unspecified atom stereocenters. The van der Waals surface area contributed by atoms with Gasteiger partial charge in [-0.2, -0.15) is 15.0 Å². The number of likely N-dealkylation sites (tertiary alicyclic amines) is 1. The molecule has 4 N–H and O–H groups in total. The number of carbonyl (C=O) groups is 1. The maximum atomic E-state index is 12.6. The molecule has 1 aromatic carbocycles. The van der Waals surface area contributed by atoms with Crippen molar-refractivity contribution in [1.29, 1.82) is 0 Å². The summed E-state index contributed by atoms with van der Waals surface area (Å²) in [6, 6.07) is 8.04. The van der Waals surface area contributed by atoms with Gasteiger partial charge in [0.2, 0.25) is 17.8 Å². The second kappa shape index (κ2) is 9.80. The van der Waals surface area contributed by atoms with Crippen LogP contribution in [0.4, 0.5) is 22.7 Å². The highest BCUT2D eigenvalue weighted by atomic mass is 32.1. The zero-order chi connectivity index (χ0) is 21.6. The first-order chi connectivity index (χ1) is 15.1. The lowest BCUT2D eigenvalue weighted by Gasteiger charge is -2.31. The monoisotopic (exact) mass is 438 g/mol. The van der Waals surface area contributed by atoms with Gasteiger partial charge < -0.3 is 16.4 Å². The van der Waals surface area contributed by atoms with Crippen LogP contribution in [0.25, 0.3) is 0 Å². The standard InChI is InChI=1S/C21H26N8OS/c1-2-14-6-3-4-8-16(14)24-20-26-17(25-19(22)28-20)13-29-10-5-7-15(12-29)18(30)27-21-23-9-11-31-21/h3-4,6,8-9,11,15H,2,5,7,10,12-13H2,1H3,(H,23,27,30)(H3,22,24,25,26,28). The average molecular weight is 439 g/mol. The third-order valence-corrected chi connectivity index (χ3v) is 5.94. The zero-order valence-corrected chi connectivity index (χ0v) is 18.2. The highest BCUT2D eigenvalue weighted by molar-refractivity contribution is 7.13. The summed E-state index contributed by atoms with van der Waals surface area (Å²) in [5, 5.41) is 8.65. The number of aromatic nitrogens is 4. The number of nitrogens with two attached hydrogens (primary N) is 1. The Morgan fingerprint density at radius 2 is 2.16 bits per heavy atom. The fourth-order valence-electron chi connectivity index (χ4n) is 3.74. The molecule has 3 aromatic rings. The van der Waals surface area contributed by atoms with Crippen LogP contribution in [0.5, 0.6) is 0 Å². The summed E-state index contributed by atoms with van der Waals surface area (Å²) in [7, 11) is 0. The van der Waals surface area contributed by atoms with Gasteiger partial charge in [-0.25, -0.2) is 4.98 Å². The van der Waals surface area contributed by atoms with Gasteiger partial charge in [0.05, 0.1) is 12.5 Å². The molecular formula is C21H26N8OS. The summed E-state index contributed by atoms with van der Waals surface area (Å²) in [6.45, 7) is 4.14. The Morgan fingerprint density at radius 3 is 2.97 bits per heavy atom. The molecule has 0 spiro atoms. The molecule has 3 heterocycles. The number of nitrogens with zero attached hydrogens (tertiary/aromatic N) is 5. The third kappa shape index (κ3) is 5.53. The van der Waals surface area contributed by atoms with Crippen LogP contribution in [0.3, 0.4) is 0 Å². The van der Waals surface area contributed by atoms with E-state index in [0.29, 0.717) is 30.0 Å². The quantitative estimate of drug-likeness (QED) is 0.514. The minimum Gasteiger partial charge on any atom is -0.368 e. The summed E-state index contributed by atoms with van der Waals surface area (Å²) in [4.78, 5) is 32.0. The van der Waals surface area contributed by atoms with Gasteiger partial charge in [-0.05, 0) is 37.4 Å². The van der Waals surface area contributed by atoms with Crippen LogP contribution in [0.2, 0.25) is 0 Å². The van der Waals surface area contributed by atoms with E-state index in [-0.39, 0.29) is 17.8 Å². The second-order valence-corrected chi connectivity index (χ2v) is 8.36. The zero-order valence-electron chi connectivity index (χ0n) is 17.4. The Balaban J connectivity index is 1.42. The van der Waals surface area contributed by atoms with Crippen molar-refractivity contribution >= 4 is 40.0 Å². The normalized spacial score (nSPS) is 16.7. The van der Waals surface area contributed by atoms with Crippen LogP contribution in [0.15, 0.2) is 35.8 Å². The Hall–Kier alpha value is -3.11. The molecule has 2 aromatic heterocycles. The van der Waals surface area contributed by atoms with Gasteiger partial charge in [0.25, 0.3) is 0 Å². The number of benzene rings is 1. The molecule has 9 nitrogen and oxygen atoms in total. The fraction of sp³-hybridized carbons (Fsp3) is 0.381. The first-order valence-corrected chi connectivity index (χ1v) is 11.3. The van der Waals surface area contributed by atoms with E-state index in [1.54, 1.807) is 6.20 Å². The summed E-state index contributed by atoms with van der Waals surface area (Å²) in [5.41, 5.74) is 8.08. The lowest BCUT2D eigenvalue weighted by Crippen LogP contribution is -2.40. The van der Waals surface area contributed by atoms with E-state index in [2.05, 4.69) is 48.5 Å². The molecule has 0 saturated carbocycles. The number of aryl methyl sites for hydroxylation is 1. The van der Waals surface area contributed by atoms with Gasteiger partial charge in [-0.3, -0.25) is 9.69 Å². The molecule has 31 heavy (non-hydrogen) atoms. The minimum atomic E-state index is -0.0918. The average Bonchev–Trinajstić information content (AvgIpc) is 3.27. The van der Waals surface area contributed by atoms with Crippen molar-refractivity contribution in [3.05, 3.63) is 47.2 Å². The van der Waals surface area contributed by atoms with Crippen LogP contribution >= 0.6 is 11.3 Å². The molecule has 1 saturated heterocycles. The van der Waals surface area contributed by atoms with Crippen molar-refractivity contribution in [2.24, 2.45) is 5.92 Å². The molecule has 10 heteroatoms. The lowest BCUT2D eigenvalue weighted by molar-refractivity contribution is -0.121. The summed E-state index contributed by atoms with van der Waals surface area (Å²) in [6.07, 6.45) is 4.37. The van der Waals surface area contributed by atoms with Gasteiger partial charge in [0.15, 0.2) is 5.13 Å². The molecule has 1 aliphatic heterocycles. The Kier molecular flexibility index (Phi) is 6.68. The molecule has 0 aliphatic carbocycles. The third-order valence-electron chi connectivity index (χ3n) is 5.25. The number of hydrogen-bond acceptors (Lipinski definition) is 9. The van der Waals surface area contributed by atoms with Gasteiger partial charge in [0.1, 0.15) is 5.82 Å². The summed E-state index contributed by atoms with van der Waals surface area (Å²) in [5.74, 6) is 1.11. The second-order valence-electron chi connectivity index (χ2n) is 7.47. The fourth-order valence-corrected chi connectivity index (χ4v) is 4.27. The number of nitrogen functional groups attached to an aromatic ring is 1. The predicted octanol–water partition coefficient (Wildman–Crippen LogP) is 3.07. The summed E-state index contributed by atoms with van der Waals surface area (Å²) >= 11 is 1.42. The maximum absolute atomic E-state index is 12.6. The number of nitrogens with one attached hydrogen (secondary N) is 2. The van der Waals surface area contributed by atoms with Crippen LogP contribution in [0, 0.1) is 5.92 Å². The van der Waals surface area contributed by atoms with E-state index in [1.807, 2.05) is 23.6 Å².